The summed E-state index contributed by atoms with van der Waals surface area (Å²) < 4.78 is 6.63. The number of aromatic nitrogens is 1. The second-order valence-electron chi connectivity index (χ2n) is 3.77. The normalized spacial score (nSPS) is 10.3. The van der Waals surface area contributed by atoms with Crippen molar-refractivity contribution in [1.29, 1.82) is 0 Å². The second kappa shape index (κ2) is 6.51. The molecule has 0 saturated heterocycles. The van der Waals surface area contributed by atoms with E-state index in [1.807, 2.05) is 0 Å². The molecule has 20 heavy (non-hydrogen) atoms. The number of hydrogen-bond donors (Lipinski definition) is 0. The molecule has 5 nitrogen and oxygen atoms in total. The standard InChI is InChI=1S/C12H7Br2ClN2O3/c13-9-3-8(17(18)19)4-10(14)12(9)20-6-7-1-2-11(15)16-5-7/h1-5H,6H2. The fourth-order valence-electron chi connectivity index (χ4n) is 1.44. The Bertz CT molecular complexity index is 627. The van der Waals surface area contributed by atoms with Gasteiger partial charge in [-0.15, -0.1) is 0 Å². The first-order valence-corrected chi connectivity index (χ1v) is 7.30. The highest BCUT2D eigenvalue weighted by Crippen LogP contribution is 2.37. The van der Waals surface area contributed by atoms with Crippen molar-refractivity contribution >= 4 is 49.1 Å². The lowest BCUT2D eigenvalue weighted by Crippen LogP contribution is -1.98. The maximum absolute atomic E-state index is 10.7. The van der Waals surface area contributed by atoms with Gasteiger partial charge in [0.1, 0.15) is 17.5 Å². The monoisotopic (exact) mass is 420 g/mol. The maximum Gasteiger partial charge on any atom is 0.271 e. The molecule has 2 aromatic rings. The molecule has 2 rings (SSSR count). The average Bonchev–Trinajstić information content (AvgIpc) is 2.39. The predicted octanol–water partition coefficient (Wildman–Crippen LogP) is 4.75. The van der Waals surface area contributed by atoms with Crippen LogP contribution >= 0.6 is 43.5 Å². The Morgan fingerprint density at radius 1 is 1.30 bits per heavy atom. The largest absolute Gasteiger partial charge is 0.486 e. The van der Waals surface area contributed by atoms with E-state index in [1.165, 1.54) is 12.1 Å². The van der Waals surface area contributed by atoms with Crippen LogP contribution in [0, 0.1) is 10.1 Å². The Kier molecular flexibility index (Phi) is 4.95. The molecule has 1 heterocycles. The van der Waals surface area contributed by atoms with Crippen LogP contribution in [-0.4, -0.2) is 9.91 Å². The van der Waals surface area contributed by atoms with Crippen LogP contribution in [0.2, 0.25) is 5.15 Å². The van der Waals surface area contributed by atoms with Crippen LogP contribution in [0.5, 0.6) is 5.75 Å². The topological polar surface area (TPSA) is 65.3 Å². The quantitative estimate of drug-likeness (QED) is 0.405. The minimum absolute atomic E-state index is 0.0238. The summed E-state index contributed by atoms with van der Waals surface area (Å²) in [6.07, 6.45) is 1.61. The summed E-state index contributed by atoms with van der Waals surface area (Å²) >= 11 is 12.2. The Balaban J connectivity index is 2.17. The van der Waals surface area contributed by atoms with E-state index >= 15 is 0 Å². The Labute approximate surface area is 136 Å². The van der Waals surface area contributed by atoms with Crippen LogP contribution < -0.4 is 4.74 Å². The first kappa shape index (κ1) is 15.2. The average molecular weight is 422 g/mol. The van der Waals surface area contributed by atoms with Gasteiger partial charge < -0.3 is 4.74 Å². The van der Waals surface area contributed by atoms with E-state index in [0.717, 1.165) is 5.56 Å². The van der Waals surface area contributed by atoms with Crippen molar-refractivity contribution in [2.45, 2.75) is 6.61 Å². The minimum Gasteiger partial charge on any atom is -0.486 e. The van der Waals surface area contributed by atoms with Gasteiger partial charge in [-0.3, -0.25) is 10.1 Å². The molecule has 0 amide bonds. The predicted molar refractivity (Wildman–Crippen MR) is 82.1 cm³/mol. The molecule has 0 aliphatic carbocycles. The number of ether oxygens (including phenoxy) is 1. The van der Waals surface area contributed by atoms with Crippen molar-refractivity contribution in [3.05, 3.63) is 60.2 Å². The van der Waals surface area contributed by atoms with Crippen molar-refractivity contribution in [3.63, 3.8) is 0 Å². The molecule has 0 aliphatic rings. The summed E-state index contributed by atoms with van der Waals surface area (Å²) in [5.41, 5.74) is 0.816. The zero-order valence-corrected chi connectivity index (χ0v) is 13.8. The summed E-state index contributed by atoms with van der Waals surface area (Å²) in [6, 6.07) is 6.24. The van der Waals surface area contributed by atoms with Crippen LogP contribution in [0.15, 0.2) is 39.4 Å². The highest BCUT2D eigenvalue weighted by molar-refractivity contribution is 9.11. The molecule has 0 radical (unpaired) electrons. The Hall–Kier alpha value is -1.18. The van der Waals surface area contributed by atoms with Crippen molar-refractivity contribution in [3.8, 4) is 5.75 Å². The third kappa shape index (κ3) is 3.68. The molecule has 104 valence electrons. The number of non-ortho nitro benzene ring substituents is 1. The SMILES string of the molecule is O=[N+]([O-])c1cc(Br)c(OCc2ccc(Cl)nc2)c(Br)c1. The van der Waals surface area contributed by atoms with Gasteiger partial charge in [-0.2, -0.15) is 0 Å². The highest BCUT2D eigenvalue weighted by Gasteiger charge is 2.15. The van der Waals surface area contributed by atoms with E-state index < -0.39 is 4.92 Å². The molecular weight excluding hydrogens is 415 g/mol. The van der Waals surface area contributed by atoms with Gasteiger partial charge in [0.15, 0.2) is 0 Å². The van der Waals surface area contributed by atoms with Gasteiger partial charge in [-0.25, -0.2) is 4.98 Å². The van der Waals surface area contributed by atoms with E-state index in [1.54, 1.807) is 18.3 Å². The molecule has 1 aromatic heterocycles. The van der Waals surface area contributed by atoms with Gasteiger partial charge in [0, 0.05) is 23.9 Å². The van der Waals surface area contributed by atoms with Crippen molar-refractivity contribution < 1.29 is 9.66 Å². The first-order chi connectivity index (χ1) is 9.47. The molecule has 0 spiro atoms. The number of pyridine rings is 1. The number of hydrogen-bond acceptors (Lipinski definition) is 4. The van der Waals surface area contributed by atoms with E-state index in [9.17, 15) is 10.1 Å². The molecular formula is C12H7Br2ClN2O3. The van der Waals surface area contributed by atoms with Gasteiger partial charge in [0.25, 0.3) is 5.69 Å². The number of benzene rings is 1. The van der Waals surface area contributed by atoms with Crippen molar-refractivity contribution in [1.82, 2.24) is 4.98 Å². The molecule has 0 atom stereocenters. The van der Waals surface area contributed by atoms with Crippen molar-refractivity contribution in [2.75, 3.05) is 0 Å². The van der Waals surface area contributed by atoms with Crippen LogP contribution in [0.3, 0.4) is 0 Å². The Morgan fingerprint density at radius 3 is 2.45 bits per heavy atom. The molecule has 0 saturated carbocycles. The number of rotatable bonds is 4. The lowest BCUT2D eigenvalue weighted by molar-refractivity contribution is -0.385. The molecule has 0 unspecified atom stereocenters. The van der Waals surface area contributed by atoms with Crippen LogP contribution in [-0.2, 0) is 6.61 Å². The third-order valence-corrected chi connectivity index (χ3v) is 3.77. The second-order valence-corrected chi connectivity index (χ2v) is 5.87. The number of nitrogens with zero attached hydrogens (tertiary/aromatic N) is 2. The van der Waals surface area contributed by atoms with Gasteiger partial charge in [0.05, 0.1) is 13.9 Å². The summed E-state index contributed by atoms with van der Waals surface area (Å²) in [4.78, 5) is 14.2. The lowest BCUT2D eigenvalue weighted by Gasteiger charge is -2.10. The third-order valence-electron chi connectivity index (χ3n) is 2.37. The van der Waals surface area contributed by atoms with Gasteiger partial charge >= 0.3 is 0 Å². The van der Waals surface area contributed by atoms with Crippen LogP contribution in [0.4, 0.5) is 5.69 Å². The molecule has 1 aromatic carbocycles. The summed E-state index contributed by atoms with van der Waals surface area (Å²) in [5, 5.41) is 11.1. The van der Waals surface area contributed by atoms with E-state index in [4.69, 9.17) is 16.3 Å². The van der Waals surface area contributed by atoms with Crippen LogP contribution in [0.25, 0.3) is 0 Å². The zero-order chi connectivity index (χ0) is 14.7. The van der Waals surface area contributed by atoms with Gasteiger partial charge in [-0.05, 0) is 37.9 Å². The summed E-state index contributed by atoms with van der Waals surface area (Å²) in [6.45, 7) is 0.277. The Morgan fingerprint density at radius 2 is 1.95 bits per heavy atom. The van der Waals surface area contributed by atoms with E-state index in [2.05, 4.69) is 36.8 Å². The molecule has 0 N–H and O–H groups in total. The molecule has 0 fully saturated rings. The fourth-order valence-corrected chi connectivity index (χ4v) is 2.94. The van der Waals surface area contributed by atoms with E-state index in [-0.39, 0.29) is 12.3 Å². The van der Waals surface area contributed by atoms with E-state index in [0.29, 0.717) is 19.8 Å². The number of nitro benzene ring substituents is 1. The van der Waals surface area contributed by atoms with Crippen molar-refractivity contribution in [2.24, 2.45) is 0 Å². The number of nitro groups is 1. The molecule has 0 bridgehead atoms. The van der Waals surface area contributed by atoms with Gasteiger partial charge in [0.2, 0.25) is 0 Å². The van der Waals surface area contributed by atoms with Gasteiger partial charge in [-0.1, -0.05) is 17.7 Å². The minimum atomic E-state index is -0.470. The molecule has 0 aliphatic heterocycles. The summed E-state index contributed by atoms with van der Waals surface area (Å²) in [5.74, 6) is 0.491. The summed E-state index contributed by atoms with van der Waals surface area (Å²) in [7, 11) is 0. The lowest BCUT2D eigenvalue weighted by atomic mass is 10.3. The fraction of sp³-hybridized carbons (Fsp3) is 0.0833. The molecule has 8 heteroatoms. The maximum atomic E-state index is 10.7. The smallest absolute Gasteiger partial charge is 0.271 e. The zero-order valence-electron chi connectivity index (χ0n) is 9.85. The highest BCUT2D eigenvalue weighted by atomic mass is 79.9. The first-order valence-electron chi connectivity index (χ1n) is 5.34. The number of halogens is 3. The van der Waals surface area contributed by atoms with Crippen LogP contribution in [0.1, 0.15) is 5.56 Å².